The summed E-state index contributed by atoms with van der Waals surface area (Å²) in [4.78, 5) is 0. The van der Waals surface area contributed by atoms with Crippen molar-refractivity contribution in [2.75, 3.05) is 7.11 Å². The van der Waals surface area contributed by atoms with Crippen molar-refractivity contribution in [3.8, 4) is 17.6 Å². The number of benzene rings is 1. The highest BCUT2D eigenvalue weighted by Gasteiger charge is 2.06. The van der Waals surface area contributed by atoms with E-state index in [1.165, 1.54) is 0 Å². The van der Waals surface area contributed by atoms with E-state index in [9.17, 15) is 5.11 Å². The van der Waals surface area contributed by atoms with Crippen molar-refractivity contribution < 1.29 is 9.84 Å². The first-order valence-electron chi connectivity index (χ1n) is 3.92. The van der Waals surface area contributed by atoms with Gasteiger partial charge in [0, 0.05) is 5.56 Å². The van der Waals surface area contributed by atoms with Crippen molar-refractivity contribution in [3.05, 3.63) is 23.3 Å². The van der Waals surface area contributed by atoms with Crippen LogP contribution in [0.5, 0.6) is 11.5 Å². The van der Waals surface area contributed by atoms with Gasteiger partial charge in [-0.15, -0.1) is 0 Å². The van der Waals surface area contributed by atoms with Crippen LogP contribution in [-0.2, 0) is 6.42 Å². The highest BCUT2D eigenvalue weighted by molar-refractivity contribution is 5.46. The number of rotatable bonds is 2. The molecule has 0 unspecified atom stereocenters. The van der Waals surface area contributed by atoms with Crippen LogP contribution in [0.1, 0.15) is 11.1 Å². The van der Waals surface area contributed by atoms with Gasteiger partial charge in [-0.2, -0.15) is 5.26 Å². The number of nitriles is 1. The Morgan fingerprint density at radius 3 is 2.77 bits per heavy atom. The Morgan fingerprint density at radius 2 is 2.23 bits per heavy atom. The lowest BCUT2D eigenvalue weighted by Gasteiger charge is -2.07. The molecule has 0 aromatic heterocycles. The van der Waals surface area contributed by atoms with E-state index in [4.69, 9.17) is 10.00 Å². The van der Waals surface area contributed by atoms with E-state index < -0.39 is 0 Å². The molecular weight excluding hydrogens is 166 g/mol. The largest absolute Gasteiger partial charge is 0.507 e. The average molecular weight is 177 g/mol. The quantitative estimate of drug-likeness (QED) is 0.749. The lowest BCUT2D eigenvalue weighted by Crippen LogP contribution is -1.90. The van der Waals surface area contributed by atoms with Gasteiger partial charge in [-0.3, -0.25) is 0 Å². The zero-order valence-electron chi connectivity index (χ0n) is 7.66. The zero-order valence-corrected chi connectivity index (χ0v) is 7.66. The number of hydrogen-bond acceptors (Lipinski definition) is 3. The Hall–Kier alpha value is -1.69. The number of phenolic OH excluding ortho intramolecular Hbond substituents is 1. The third-order valence-electron chi connectivity index (χ3n) is 1.86. The molecule has 0 saturated carbocycles. The van der Waals surface area contributed by atoms with Crippen molar-refractivity contribution in [3.63, 3.8) is 0 Å². The molecule has 0 bridgehead atoms. The lowest BCUT2D eigenvalue weighted by atomic mass is 10.1. The van der Waals surface area contributed by atoms with Crippen LogP contribution in [0.4, 0.5) is 0 Å². The minimum Gasteiger partial charge on any atom is -0.507 e. The molecule has 68 valence electrons. The molecule has 0 saturated heterocycles. The third-order valence-corrected chi connectivity index (χ3v) is 1.86. The third kappa shape index (κ3) is 1.91. The van der Waals surface area contributed by atoms with Crippen LogP contribution in [0.2, 0.25) is 0 Å². The maximum absolute atomic E-state index is 9.54. The second-order valence-corrected chi connectivity index (χ2v) is 2.79. The number of ether oxygens (including phenoxy) is 1. The Kier molecular flexibility index (Phi) is 2.76. The van der Waals surface area contributed by atoms with Gasteiger partial charge in [0.05, 0.1) is 19.6 Å². The summed E-state index contributed by atoms with van der Waals surface area (Å²) in [6.07, 6.45) is 0.198. The second kappa shape index (κ2) is 3.81. The number of methoxy groups -OCH3 is 1. The van der Waals surface area contributed by atoms with Gasteiger partial charge in [-0.05, 0) is 24.6 Å². The van der Waals surface area contributed by atoms with Crippen LogP contribution >= 0.6 is 0 Å². The van der Waals surface area contributed by atoms with Gasteiger partial charge in [-0.1, -0.05) is 0 Å². The van der Waals surface area contributed by atoms with Crippen LogP contribution in [0.15, 0.2) is 12.1 Å². The number of aryl methyl sites for hydroxylation is 1. The molecule has 0 spiro atoms. The summed E-state index contributed by atoms with van der Waals surface area (Å²) in [5, 5.41) is 18.0. The number of hydrogen-bond donors (Lipinski definition) is 1. The smallest absolute Gasteiger partial charge is 0.122 e. The molecule has 1 aromatic carbocycles. The molecule has 0 aliphatic carbocycles. The highest BCUT2D eigenvalue weighted by atomic mass is 16.5. The average Bonchev–Trinajstić information content (AvgIpc) is 2.13. The molecule has 0 atom stereocenters. The topological polar surface area (TPSA) is 53.2 Å². The Bertz CT molecular complexity index is 353. The lowest BCUT2D eigenvalue weighted by molar-refractivity contribution is 0.410. The molecule has 0 heterocycles. The molecule has 1 aromatic rings. The molecule has 0 aliphatic rings. The Morgan fingerprint density at radius 1 is 1.54 bits per heavy atom. The van der Waals surface area contributed by atoms with Crippen LogP contribution in [0.25, 0.3) is 0 Å². The first kappa shape index (κ1) is 9.40. The van der Waals surface area contributed by atoms with Crippen molar-refractivity contribution in [1.29, 1.82) is 5.26 Å². The van der Waals surface area contributed by atoms with Crippen molar-refractivity contribution in [2.24, 2.45) is 0 Å². The van der Waals surface area contributed by atoms with E-state index in [0.29, 0.717) is 11.3 Å². The van der Waals surface area contributed by atoms with E-state index in [-0.39, 0.29) is 12.2 Å². The Balaban J connectivity index is 3.18. The predicted octanol–water partition coefficient (Wildman–Crippen LogP) is 1.78. The summed E-state index contributed by atoms with van der Waals surface area (Å²) in [6, 6.07) is 5.39. The van der Waals surface area contributed by atoms with Gasteiger partial charge < -0.3 is 9.84 Å². The molecule has 1 N–H and O–H groups in total. The molecule has 0 radical (unpaired) electrons. The maximum atomic E-state index is 9.54. The van der Waals surface area contributed by atoms with Gasteiger partial charge in [0.15, 0.2) is 0 Å². The summed E-state index contributed by atoms with van der Waals surface area (Å²) < 4.78 is 5.02. The van der Waals surface area contributed by atoms with Crippen LogP contribution in [0.3, 0.4) is 0 Å². The molecule has 1 rings (SSSR count). The molecule has 3 nitrogen and oxygen atoms in total. The van der Waals surface area contributed by atoms with Crippen LogP contribution in [0, 0.1) is 18.3 Å². The predicted molar refractivity (Wildman–Crippen MR) is 48.7 cm³/mol. The minimum atomic E-state index is 0.183. The molecule has 13 heavy (non-hydrogen) atoms. The Labute approximate surface area is 77.2 Å². The van der Waals surface area contributed by atoms with Gasteiger partial charge in [0.2, 0.25) is 0 Å². The van der Waals surface area contributed by atoms with Gasteiger partial charge >= 0.3 is 0 Å². The fraction of sp³-hybridized carbons (Fsp3) is 0.300. The van der Waals surface area contributed by atoms with Crippen LogP contribution in [-0.4, -0.2) is 12.2 Å². The van der Waals surface area contributed by atoms with E-state index >= 15 is 0 Å². The monoisotopic (exact) mass is 177 g/mol. The van der Waals surface area contributed by atoms with Crippen molar-refractivity contribution >= 4 is 0 Å². The highest BCUT2D eigenvalue weighted by Crippen LogP contribution is 2.27. The molecule has 3 heteroatoms. The molecule has 0 aliphatic heterocycles. The van der Waals surface area contributed by atoms with Gasteiger partial charge in [0.1, 0.15) is 11.5 Å². The fourth-order valence-corrected chi connectivity index (χ4v) is 1.15. The van der Waals surface area contributed by atoms with E-state index in [1.807, 2.05) is 6.07 Å². The number of nitrogens with zero attached hydrogens (tertiary/aromatic N) is 1. The van der Waals surface area contributed by atoms with Gasteiger partial charge in [-0.25, -0.2) is 0 Å². The number of phenols is 1. The molecular formula is C10H11NO2. The summed E-state index contributed by atoms with van der Waals surface area (Å²) in [5.74, 6) is 0.850. The van der Waals surface area contributed by atoms with Crippen molar-refractivity contribution in [2.45, 2.75) is 13.3 Å². The standard InChI is InChI=1S/C10H11NO2/c1-7-5-9(13-2)6-8(3-4-11)10(7)12/h5-6,12H,3H2,1-2H3. The summed E-state index contributed by atoms with van der Waals surface area (Å²) in [6.45, 7) is 1.78. The number of aromatic hydroxyl groups is 1. The first-order chi connectivity index (χ1) is 6.19. The minimum absolute atomic E-state index is 0.183. The van der Waals surface area contributed by atoms with Gasteiger partial charge in [0.25, 0.3) is 0 Å². The zero-order chi connectivity index (χ0) is 9.84. The first-order valence-corrected chi connectivity index (χ1v) is 3.92. The summed E-state index contributed by atoms with van der Waals surface area (Å²) in [7, 11) is 1.56. The second-order valence-electron chi connectivity index (χ2n) is 2.79. The normalized spacial score (nSPS) is 9.31. The maximum Gasteiger partial charge on any atom is 0.122 e. The van der Waals surface area contributed by atoms with E-state index in [0.717, 1.165) is 5.56 Å². The van der Waals surface area contributed by atoms with Crippen LogP contribution < -0.4 is 4.74 Å². The SMILES string of the molecule is COc1cc(C)c(O)c(CC#N)c1. The summed E-state index contributed by atoms with van der Waals surface area (Å²) in [5.41, 5.74) is 1.34. The van der Waals surface area contributed by atoms with Crippen molar-refractivity contribution in [1.82, 2.24) is 0 Å². The fourth-order valence-electron chi connectivity index (χ4n) is 1.15. The molecule has 0 amide bonds. The van der Waals surface area contributed by atoms with E-state index in [1.54, 1.807) is 26.2 Å². The molecule has 0 fully saturated rings. The van der Waals surface area contributed by atoms with E-state index in [2.05, 4.69) is 0 Å². The summed E-state index contributed by atoms with van der Waals surface area (Å²) >= 11 is 0.